The van der Waals surface area contributed by atoms with E-state index >= 15 is 0 Å². The number of anilines is 1. The third-order valence-electron chi connectivity index (χ3n) is 4.09. The number of carbonyl (C=O) groups is 1. The molecule has 3 rings (SSSR count). The summed E-state index contributed by atoms with van der Waals surface area (Å²) in [7, 11) is 0. The summed E-state index contributed by atoms with van der Waals surface area (Å²) in [6, 6.07) is 12.9. The molecular weight excluding hydrogens is 330 g/mol. The lowest BCUT2D eigenvalue weighted by Crippen LogP contribution is -2.12. The minimum atomic E-state index is -0.284. The quantitative estimate of drug-likeness (QED) is 0.712. The second-order valence-corrected chi connectivity index (χ2v) is 6.09. The van der Waals surface area contributed by atoms with E-state index in [4.69, 9.17) is 9.37 Å². The maximum atomic E-state index is 12.5. The van der Waals surface area contributed by atoms with Crippen molar-refractivity contribution in [3.05, 3.63) is 59.2 Å². The second-order valence-electron chi connectivity index (χ2n) is 6.09. The molecule has 26 heavy (non-hydrogen) atoms. The van der Waals surface area contributed by atoms with E-state index in [1.165, 1.54) is 5.56 Å². The molecule has 2 aromatic carbocycles. The van der Waals surface area contributed by atoms with E-state index in [2.05, 4.69) is 15.6 Å². The van der Waals surface area contributed by atoms with Crippen LogP contribution in [0.4, 0.5) is 5.82 Å². The molecule has 6 heteroatoms. The number of nitrogens with zero attached hydrogens (tertiary/aromatic N) is 2. The molecule has 134 valence electrons. The van der Waals surface area contributed by atoms with Crippen LogP contribution in [0.3, 0.4) is 0 Å². The number of hydrogen-bond acceptors (Lipinski definition) is 5. The van der Waals surface area contributed by atoms with Crippen LogP contribution in [0.2, 0.25) is 0 Å². The Labute approximate surface area is 152 Å². The normalized spacial score (nSPS) is 10.6. The molecular formula is C20H21N3O3. The Morgan fingerprint density at radius 2 is 1.85 bits per heavy atom. The summed E-state index contributed by atoms with van der Waals surface area (Å²) in [6.07, 6.45) is 0.933. The van der Waals surface area contributed by atoms with Crippen LogP contribution in [0.25, 0.3) is 11.3 Å². The van der Waals surface area contributed by atoms with Gasteiger partial charge < -0.3 is 10.1 Å². The smallest absolute Gasteiger partial charge is 0.256 e. The van der Waals surface area contributed by atoms with Gasteiger partial charge in [0.15, 0.2) is 5.69 Å². The van der Waals surface area contributed by atoms with Gasteiger partial charge in [0, 0.05) is 11.1 Å². The zero-order valence-electron chi connectivity index (χ0n) is 15.1. The fourth-order valence-corrected chi connectivity index (χ4v) is 2.45. The third-order valence-corrected chi connectivity index (χ3v) is 4.09. The highest BCUT2D eigenvalue weighted by molar-refractivity contribution is 6.05. The molecule has 1 heterocycles. The summed E-state index contributed by atoms with van der Waals surface area (Å²) in [4.78, 5) is 12.5. The molecule has 3 aromatic rings. The van der Waals surface area contributed by atoms with Gasteiger partial charge in [0.25, 0.3) is 5.91 Å². The van der Waals surface area contributed by atoms with E-state index < -0.39 is 0 Å². The molecule has 6 nitrogen and oxygen atoms in total. The molecule has 0 saturated carbocycles. The lowest BCUT2D eigenvalue weighted by Gasteiger charge is -2.07. The number of rotatable bonds is 6. The fraction of sp³-hybridized carbons (Fsp3) is 0.250. The number of amides is 1. The van der Waals surface area contributed by atoms with Crippen molar-refractivity contribution in [3.8, 4) is 17.0 Å². The first kappa shape index (κ1) is 17.7. The van der Waals surface area contributed by atoms with Crippen molar-refractivity contribution in [2.45, 2.75) is 27.2 Å². The number of aryl methyl sites for hydroxylation is 2. The van der Waals surface area contributed by atoms with Crippen LogP contribution in [0.15, 0.2) is 47.1 Å². The van der Waals surface area contributed by atoms with Gasteiger partial charge in [-0.05, 0) is 72.0 Å². The van der Waals surface area contributed by atoms with E-state index in [9.17, 15) is 4.79 Å². The Kier molecular flexibility index (Phi) is 5.31. The average Bonchev–Trinajstić information content (AvgIpc) is 3.10. The van der Waals surface area contributed by atoms with Crippen LogP contribution in [-0.2, 0) is 0 Å². The Morgan fingerprint density at radius 3 is 2.54 bits per heavy atom. The molecule has 1 N–H and O–H groups in total. The molecule has 0 aliphatic carbocycles. The maximum absolute atomic E-state index is 12.5. The molecule has 0 aliphatic rings. The number of carbonyl (C=O) groups excluding carboxylic acids is 1. The number of nitrogens with one attached hydrogen (secondary N) is 1. The summed E-state index contributed by atoms with van der Waals surface area (Å²) in [5.74, 6) is 0.750. The van der Waals surface area contributed by atoms with Gasteiger partial charge in [0.1, 0.15) is 5.75 Å². The number of hydrogen-bond donors (Lipinski definition) is 1. The van der Waals surface area contributed by atoms with E-state index in [-0.39, 0.29) is 5.91 Å². The largest absolute Gasteiger partial charge is 0.494 e. The Bertz CT molecular complexity index is 901. The van der Waals surface area contributed by atoms with Crippen molar-refractivity contribution in [2.24, 2.45) is 0 Å². The first-order valence-corrected chi connectivity index (χ1v) is 8.53. The summed E-state index contributed by atoms with van der Waals surface area (Å²) < 4.78 is 10.4. The molecule has 0 radical (unpaired) electrons. The molecule has 0 spiro atoms. The fourth-order valence-electron chi connectivity index (χ4n) is 2.45. The monoisotopic (exact) mass is 351 g/mol. The van der Waals surface area contributed by atoms with Gasteiger partial charge >= 0.3 is 0 Å². The summed E-state index contributed by atoms with van der Waals surface area (Å²) in [5, 5.41) is 10.5. The Hall–Kier alpha value is -3.15. The predicted molar refractivity (Wildman–Crippen MR) is 99.4 cm³/mol. The highest BCUT2D eigenvalue weighted by atomic mass is 16.6. The number of ether oxygens (including phenoxy) is 1. The minimum absolute atomic E-state index is 0.284. The van der Waals surface area contributed by atoms with Crippen molar-refractivity contribution >= 4 is 11.7 Å². The minimum Gasteiger partial charge on any atom is -0.494 e. The lowest BCUT2D eigenvalue weighted by molar-refractivity contribution is 0.102. The number of benzene rings is 2. The topological polar surface area (TPSA) is 77.2 Å². The van der Waals surface area contributed by atoms with Gasteiger partial charge in [0.05, 0.1) is 6.61 Å². The summed E-state index contributed by atoms with van der Waals surface area (Å²) >= 11 is 0. The van der Waals surface area contributed by atoms with Gasteiger partial charge in [0.2, 0.25) is 5.82 Å². The van der Waals surface area contributed by atoms with Crippen LogP contribution in [0.5, 0.6) is 5.75 Å². The highest BCUT2D eigenvalue weighted by Gasteiger charge is 2.16. The van der Waals surface area contributed by atoms with Crippen LogP contribution in [0.1, 0.15) is 34.8 Å². The van der Waals surface area contributed by atoms with Gasteiger partial charge in [-0.25, -0.2) is 4.63 Å². The SMILES string of the molecule is CCCOc1ccc(C(=O)Nc2nonc2-c2ccc(C)c(C)c2)cc1. The van der Waals surface area contributed by atoms with Gasteiger partial charge in [-0.2, -0.15) is 0 Å². The molecule has 0 fully saturated rings. The Balaban J connectivity index is 1.76. The standard InChI is InChI=1S/C20H21N3O3/c1-4-11-25-17-9-7-15(8-10-17)20(24)21-19-18(22-26-23-19)16-6-5-13(2)14(3)12-16/h5-10,12H,4,11H2,1-3H3,(H,21,23,24). The van der Waals surface area contributed by atoms with E-state index in [0.29, 0.717) is 23.7 Å². The van der Waals surface area contributed by atoms with Crippen LogP contribution >= 0.6 is 0 Å². The van der Waals surface area contributed by atoms with Crippen molar-refractivity contribution in [3.63, 3.8) is 0 Å². The zero-order valence-corrected chi connectivity index (χ0v) is 15.1. The maximum Gasteiger partial charge on any atom is 0.256 e. The van der Waals surface area contributed by atoms with Crippen molar-refractivity contribution < 1.29 is 14.2 Å². The van der Waals surface area contributed by atoms with E-state index in [1.54, 1.807) is 24.3 Å². The van der Waals surface area contributed by atoms with E-state index in [1.807, 2.05) is 39.0 Å². The van der Waals surface area contributed by atoms with Gasteiger partial charge in [-0.15, -0.1) is 0 Å². The van der Waals surface area contributed by atoms with Crippen molar-refractivity contribution in [2.75, 3.05) is 11.9 Å². The first-order valence-electron chi connectivity index (χ1n) is 8.53. The highest BCUT2D eigenvalue weighted by Crippen LogP contribution is 2.26. The molecule has 0 unspecified atom stereocenters. The lowest BCUT2D eigenvalue weighted by atomic mass is 10.0. The van der Waals surface area contributed by atoms with Crippen LogP contribution in [0, 0.1) is 13.8 Å². The molecule has 0 aliphatic heterocycles. The Morgan fingerprint density at radius 1 is 1.08 bits per heavy atom. The second kappa shape index (κ2) is 7.82. The molecule has 0 saturated heterocycles. The van der Waals surface area contributed by atoms with Gasteiger partial charge in [-0.3, -0.25) is 4.79 Å². The third kappa shape index (κ3) is 3.91. The zero-order chi connectivity index (χ0) is 18.5. The van der Waals surface area contributed by atoms with Crippen LogP contribution < -0.4 is 10.1 Å². The van der Waals surface area contributed by atoms with Crippen molar-refractivity contribution in [1.82, 2.24) is 10.3 Å². The first-order chi connectivity index (χ1) is 12.6. The number of aromatic nitrogens is 2. The van der Waals surface area contributed by atoms with Crippen molar-refractivity contribution in [1.29, 1.82) is 0 Å². The molecule has 0 atom stereocenters. The molecule has 1 amide bonds. The summed E-state index contributed by atoms with van der Waals surface area (Å²) in [5.41, 5.74) is 4.16. The molecule has 0 bridgehead atoms. The van der Waals surface area contributed by atoms with E-state index in [0.717, 1.165) is 23.3 Å². The molecule has 1 aromatic heterocycles. The summed E-state index contributed by atoms with van der Waals surface area (Å²) in [6.45, 7) is 6.75. The predicted octanol–water partition coefficient (Wildman–Crippen LogP) is 4.39. The van der Waals surface area contributed by atoms with Crippen LogP contribution in [-0.4, -0.2) is 22.8 Å². The average molecular weight is 351 g/mol. The van der Waals surface area contributed by atoms with Gasteiger partial charge in [-0.1, -0.05) is 19.1 Å².